The molecule has 0 saturated carbocycles. The Morgan fingerprint density at radius 2 is 1.85 bits per heavy atom. The molecule has 0 atom stereocenters. The van der Waals surface area contributed by atoms with Crippen LogP contribution in [0.25, 0.3) is 10.7 Å². The Balaban J connectivity index is 1.82. The second-order valence-electron chi connectivity index (χ2n) is 5.35. The zero-order chi connectivity index (χ0) is 19.8. The van der Waals surface area contributed by atoms with Crippen molar-refractivity contribution < 1.29 is 30.8 Å². The number of benzene rings is 1. The second-order valence-corrected chi connectivity index (χ2v) is 8.25. The number of halogens is 3. The van der Waals surface area contributed by atoms with Crippen LogP contribution in [0.1, 0.15) is 10.8 Å². The molecular formula is C15H12F3N3O4S2. The molecular weight excluding hydrogens is 407 g/mol. The third kappa shape index (κ3) is 4.57. The Hall–Kier alpha value is -2.60. The van der Waals surface area contributed by atoms with Gasteiger partial charge < -0.3 is 9.26 Å². The number of hydrogen-bond acceptors (Lipinski definition) is 7. The summed E-state index contributed by atoms with van der Waals surface area (Å²) in [6.45, 7) is 3.23. The van der Waals surface area contributed by atoms with E-state index in [0.29, 0.717) is 15.6 Å². The lowest BCUT2D eigenvalue weighted by atomic mass is 10.3. The van der Waals surface area contributed by atoms with Gasteiger partial charge in [-0.15, -0.1) is 24.5 Å². The van der Waals surface area contributed by atoms with Crippen LogP contribution in [0.4, 0.5) is 18.9 Å². The normalized spacial score (nSPS) is 12.2. The Kier molecular flexibility index (Phi) is 4.86. The summed E-state index contributed by atoms with van der Waals surface area (Å²) in [5.74, 6) is 0.169. The predicted molar refractivity (Wildman–Crippen MR) is 91.0 cm³/mol. The summed E-state index contributed by atoms with van der Waals surface area (Å²) in [5.41, 5.74) is 0.0899. The lowest BCUT2D eigenvalue weighted by Gasteiger charge is -2.10. The van der Waals surface area contributed by atoms with Crippen molar-refractivity contribution in [1.29, 1.82) is 0 Å². The molecule has 0 aliphatic rings. The van der Waals surface area contributed by atoms with Crippen LogP contribution in [0.5, 0.6) is 5.75 Å². The third-order valence-electron chi connectivity index (χ3n) is 3.25. The first-order valence-electron chi connectivity index (χ1n) is 7.33. The molecule has 0 amide bonds. The number of hydrogen-bond donors (Lipinski definition) is 1. The topological polar surface area (TPSA) is 94.3 Å². The smallest absolute Gasteiger partial charge is 0.406 e. The number of aryl methyl sites for hydroxylation is 2. The standard InChI is InChI=1S/C15H12F3N3O4S2/c1-8-13(7-12(26-8)14-19-9(2)25-20-14)27(22,23)21-10-3-5-11(6-4-10)24-15(16,17)18/h3-7,21H,1-2H3. The molecule has 0 aliphatic heterocycles. The quantitative estimate of drug-likeness (QED) is 0.669. The molecule has 2 aromatic heterocycles. The van der Waals surface area contributed by atoms with E-state index in [1.54, 1.807) is 13.8 Å². The number of sulfonamides is 1. The Labute approximate surface area is 155 Å². The number of aromatic nitrogens is 2. The molecule has 0 aliphatic carbocycles. The van der Waals surface area contributed by atoms with Crippen molar-refractivity contribution in [3.05, 3.63) is 41.1 Å². The van der Waals surface area contributed by atoms with E-state index in [9.17, 15) is 21.6 Å². The molecule has 0 fully saturated rings. The Bertz CT molecular complexity index is 1060. The molecule has 0 unspecified atom stereocenters. The van der Waals surface area contributed by atoms with Gasteiger partial charge in [0.05, 0.1) is 4.88 Å². The third-order valence-corrected chi connectivity index (χ3v) is 5.93. The van der Waals surface area contributed by atoms with E-state index in [1.807, 2.05) is 0 Å². The van der Waals surface area contributed by atoms with Gasteiger partial charge in [0.15, 0.2) is 0 Å². The molecule has 144 valence electrons. The van der Waals surface area contributed by atoms with E-state index < -0.39 is 22.1 Å². The molecule has 1 aromatic carbocycles. The predicted octanol–water partition coefficient (Wildman–Crippen LogP) is 4.11. The van der Waals surface area contributed by atoms with Crippen LogP contribution in [0.15, 0.2) is 39.8 Å². The highest BCUT2D eigenvalue weighted by Gasteiger charge is 2.31. The van der Waals surface area contributed by atoms with Gasteiger partial charge in [0, 0.05) is 17.5 Å². The summed E-state index contributed by atoms with van der Waals surface area (Å²) in [6, 6.07) is 5.78. The average Bonchev–Trinajstić information content (AvgIpc) is 3.14. The van der Waals surface area contributed by atoms with E-state index in [0.717, 1.165) is 12.1 Å². The second kappa shape index (κ2) is 6.85. The minimum absolute atomic E-state index is 0.0144. The maximum absolute atomic E-state index is 12.6. The van der Waals surface area contributed by atoms with Crippen LogP contribution in [0.2, 0.25) is 0 Å². The first kappa shape index (κ1) is 19.2. The number of alkyl halides is 3. The largest absolute Gasteiger partial charge is 0.573 e. The maximum atomic E-state index is 12.6. The van der Waals surface area contributed by atoms with Crippen molar-refractivity contribution in [3.8, 4) is 16.5 Å². The van der Waals surface area contributed by atoms with Gasteiger partial charge in [0.2, 0.25) is 11.7 Å². The fraction of sp³-hybridized carbons (Fsp3) is 0.200. The van der Waals surface area contributed by atoms with Crippen molar-refractivity contribution in [2.45, 2.75) is 25.1 Å². The van der Waals surface area contributed by atoms with E-state index in [4.69, 9.17) is 4.52 Å². The summed E-state index contributed by atoms with van der Waals surface area (Å²) in [6.07, 6.45) is -4.82. The molecule has 27 heavy (non-hydrogen) atoms. The van der Waals surface area contributed by atoms with Gasteiger partial charge in [-0.05, 0) is 37.3 Å². The van der Waals surface area contributed by atoms with E-state index >= 15 is 0 Å². The molecule has 0 radical (unpaired) electrons. The van der Waals surface area contributed by atoms with Crippen molar-refractivity contribution in [2.24, 2.45) is 0 Å². The number of anilines is 1. The first-order valence-corrected chi connectivity index (χ1v) is 9.63. The van der Waals surface area contributed by atoms with Crippen molar-refractivity contribution in [2.75, 3.05) is 4.72 Å². The summed E-state index contributed by atoms with van der Waals surface area (Å²) in [5, 5.41) is 3.75. The monoisotopic (exact) mass is 419 g/mol. The summed E-state index contributed by atoms with van der Waals surface area (Å²) in [4.78, 5) is 5.08. The van der Waals surface area contributed by atoms with Crippen LogP contribution in [0, 0.1) is 13.8 Å². The minimum atomic E-state index is -4.82. The van der Waals surface area contributed by atoms with Crippen LogP contribution >= 0.6 is 11.3 Å². The van der Waals surface area contributed by atoms with Crippen LogP contribution in [-0.2, 0) is 10.0 Å². The maximum Gasteiger partial charge on any atom is 0.573 e. The fourth-order valence-corrected chi connectivity index (χ4v) is 4.75. The molecule has 0 saturated heterocycles. The summed E-state index contributed by atoms with van der Waals surface area (Å²) < 4.78 is 72.7. The van der Waals surface area contributed by atoms with Gasteiger partial charge >= 0.3 is 6.36 Å². The molecule has 0 bridgehead atoms. The van der Waals surface area contributed by atoms with Crippen LogP contribution < -0.4 is 9.46 Å². The zero-order valence-corrected chi connectivity index (χ0v) is 15.5. The summed E-state index contributed by atoms with van der Waals surface area (Å²) >= 11 is 1.18. The van der Waals surface area contributed by atoms with Crippen molar-refractivity contribution in [3.63, 3.8) is 0 Å². The van der Waals surface area contributed by atoms with Gasteiger partial charge in [0.1, 0.15) is 10.6 Å². The molecule has 0 spiro atoms. The Morgan fingerprint density at radius 1 is 1.19 bits per heavy atom. The fourth-order valence-electron chi connectivity index (χ4n) is 2.18. The highest BCUT2D eigenvalue weighted by atomic mass is 32.2. The van der Waals surface area contributed by atoms with E-state index in [-0.39, 0.29) is 16.4 Å². The molecule has 1 N–H and O–H groups in total. The lowest BCUT2D eigenvalue weighted by Crippen LogP contribution is -2.17. The zero-order valence-electron chi connectivity index (χ0n) is 13.9. The SMILES string of the molecule is Cc1nc(-c2cc(S(=O)(=O)Nc3ccc(OC(F)(F)F)cc3)c(C)s2)no1. The van der Waals surface area contributed by atoms with Gasteiger partial charge in [-0.1, -0.05) is 5.16 Å². The molecule has 12 heteroatoms. The highest BCUT2D eigenvalue weighted by Crippen LogP contribution is 2.33. The number of nitrogens with one attached hydrogen (secondary N) is 1. The molecule has 3 rings (SSSR count). The van der Waals surface area contributed by atoms with E-state index in [2.05, 4.69) is 19.6 Å². The minimum Gasteiger partial charge on any atom is -0.406 e. The number of rotatable bonds is 5. The summed E-state index contributed by atoms with van der Waals surface area (Å²) in [7, 11) is -3.96. The van der Waals surface area contributed by atoms with Crippen LogP contribution in [0.3, 0.4) is 0 Å². The first-order chi connectivity index (χ1) is 12.5. The van der Waals surface area contributed by atoms with Gasteiger partial charge in [0.25, 0.3) is 10.0 Å². The lowest BCUT2D eigenvalue weighted by molar-refractivity contribution is -0.274. The van der Waals surface area contributed by atoms with Gasteiger partial charge in [-0.25, -0.2) is 8.42 Å². The number of thiophene rings is 1. The number of nitrogens with zero attached hydrogens (tertiary/aromatic N) is 2. The average molecular weight is 419 g/mol. The van der Waals surface area contributed by atoms with E-state index in [1.165, 1.54) is 29.5 Å². The molecule has 2 heterocycles. The highest BCUT2D eigenvalue weighted by molar-refractivity contribution is 7.93. The van der Waals surface area contributed by atoms with Crippen LogP contribution in [-0.4, -0.2) is 24.9 Å². The van der Waals surface area contributed by atoms with Crippen molar-refractivity contribution in [1.82, 2.24) is 10.1 Å². The number of ether oxygens (including phenoxy) is 1. The molecule has 3 aromatic rings. The molecule has 7 nitrogen and oxygen atoms in total. The van der Waals surface area contributed by atoms with Gasteiger partial charge in [-0.3, -0.25) is 4.72 Å². The van der Waals surface area contributed by atoms with Gasteiger partial charge in [-0.2, -0.15) is 4.98 Å². The Morgan fingerprint density at radius 3 is 2.41 bits per heavy atom. The van der Waals surface area contributed by atoms with Crippen molar-refractivity contribution >= 4 is 27.0 Å².